The van der Waals surface area contributed by atoms with Crippen molar-refractivity contribution in [1.82, 2.24) is 0 Å². The van der Waals surface area contributed by atoms with Gasteiger partial charge in [-0.3, -0.25) is 14.4 Å². The van der Waals surface area contributed by atoms with E-state index in [9.17, 15) is 14.4 Å². The molecule has 0 saturated carbocycles. The van der Waals surface area contributed by atoms with Gasteiger partial charge in [-0.1, -0.05) is 319 Å². The topological polar surface area (TPSA) is 78.9 Å². The molecule has 0 aromatic carbocycles. The molecule has 0 aliphatic rings. The van der Waals surface area contributed by atoms with Gasteiger partial charge in [0, 0.05) is 19.3 Å². The Balaban J connectivity index is 4.31. The summed E-state index contributed by atoms with van der Waals surface area (Å²) in [4.78, 5) is 38.5. The van der Waals surface area contributed by atoms with Gasteiger partial charge >= 0.3 is 17.9 Å². The van der Waals surface area contributed by atoms with Gasteiger partial charge in [-0.15, -0.1) is 0 Å². The van der Waals surface area contributed by atoms with Crippen LogP contribution in [0.2, 0.25) is 0 Å². The smallest absolute Gasteiger partial charge is 0.306 e. The number of esters is 3. The normalized spacial score (nSPS) is 12.4. The third kappa shape index (κ3) is 67.8. The van der Waals surface area contributed by atoms with Gasteiger partial charge in [0.15, 0.2) is 6.10 Å². The van der Waals surface area contributed by atoms with Crippen LogP contribution in [-0.2, 0) is 28.6 Å². The molecule has 0 radical (unpaired) electrons. The summed E-state index contributed by atoms with van der Waals surface area (Å²) >= 11 is 0. The third-order valence-corrected chi connectivity index (χ3v) is 16.0. The lowest BCUT2D eigenvalue weighted by atomic mass is 10.0. The molecule has 0 aromatic rings. The lowest BCUT2D eigenvalue weighted by molar-refractivity contribution is -0.167. The Labute approximate surface area is 504 Å². The summed E-state index contributed by atoms with van der Waals surface area (Å²) in [6.45, 7) is 6.58. The van der Waals surface area contributed by atoms with E-state index in [0.29, 0.717) is 19.3 Å². The number of unbranched alkanes of at least 4 members (excludes halogenated alkanes) is 45. The first kappa shape index (κ1) is 78.1. The number of hydrogen-bond acceptors (Lipinski definition) is 6. The van der Waals surface area contributed by atoms with E-state index in [1.807, 2.05) is 0 Å². The predicted molar refractivity (Wildman–Crippen MR) is 353 cm³/mol. The molecule has 0 spiro atoms. The number of ether oxygens (including phenoxy) is 3. The Kier molecular flexibility index (Phi) is 67.1. The maximum Gasteiger partial charge on any atom is 0.306 e. The molecule has 0 aliphatic heterocycles. The highest BCUT2D eigenvalue weighted by atomic mass is 16.6. The van der Waals surface area contributed by atoms with Crippen molar-refractivity contribution >= 4 is 17.9 Å². The largest absolute Gasteiger partial charge is 0.462 e. The van der Waals surface area contributed by atoms with E-state index in [0.717, 1.165) is 83.5 Å². The van der Waals surface area contributed by atoms with Crippen molar-refractivity contribution in [3.63, 3.8) is 0 Å². The fourth-order valence-corrected chi connectivity index (χ4v) is 10.6. The second-order valence-corrected chi connectivity index (χ2v) is 24.1. The summed E-state index contributed by atoms with van der Waals surface area (Å²) in [5.41, 5.74) is 0. The van der Waals surface area contributed by atoms with Crippen molar-refractivity contribution < 1.29 is 28.6 Å². The van der Waals surface area contributed by atoms with Crippen molar-refractivity contribution in [2.45, 2.75) is 386 Å². The van der Waals surface area contributed by atoms with E-state index in [-0.39, 0.29) is 31.1 Å². The molecule has 0 bridgehead atoms. The second-order valence-electron chi connectivity index (χ2n) is 24.1. The van der Waals surface area contributed by atoms with Crippen LogP contribution in [0, 0.1) is 0 Å². The van der Waals surface area contributed by atoms with Gasteiger partial charge in [-0.05, 0) is 103 Å². The summed E-state index contributed by atoms with van der Waals surface area (Å²) < 4.78 is 17.0. The lowest BCUT2D eigenvalue weighted by Gasteiger charge is -2.18. The van der Waals surface area contributed by atoms with Crippen LogP contribution >= 0.6 is 0 Å². The summed E-state index contributed by atoms with van der Waals surface area (Å²) in [7, 11) is 0. The van der Waals surface area contributed by atoms with Crippen molar-refractivity contribution in [2.75, 3.05) is 13.2 Å². The Morgan fingerprint density at radius 1 is 0.259 bits per heavy atom. The fourth-order valence-electron chi connectivity index (χ4n) is 10.6. The first-order valence-corrected chi connectivity index (χ1v) is 35.8. The molecule has 6 heteroatoms. The molecule has 0 rings (SSSR count). The van der Waals surface area contributed by atoms with Crippen molar-refractivity contribution in [2.24, 2.45) is 0 Å². The van der Waals surface area contributed by atoms with Crippen LogP contribution < -0.4 is 0 Å². The van der Waals surface area contributed by atoms with E-state index in [2.05, 4.69) is 81.5 Å². The van der Waals surface area contributed by atoms with Crippen LogP contribution in [0.5, 0.6) is 0 Å². The molecule has 1 unspecified atom stereocenters. The molecule has 472 valence electrons. The monoisotopic (exact) mass is 1130 g/mol. The number of carbonyl (C=O) groups excluding carboxylic acids is 3. The summed E-state index contributed by atoms with van der Waals surface area (Å²) in [6, 6.07) is 0. The highest BCUT2D eigenvalue weighted by molar-refractivity contribution is 5.71. The average Bonchev–Trinajstić information content (AvgIpc) is 3.47. The number of allylic oxidation sites excluding steroid dienone is 10. The summed E-state index contributed by atoms with van der Waals surface area (Å²) in [5.74, 6) is -0.864. The molecule has 81 heavy (non-hydrogen) atoms. The van der Waals surface area contributed by atoms with Gasteiger partial charge in [0.1, 0.15) is 13.2 Å². The van der Waals surface area contributed by atoms with Gasteiger partial charge in [-0.2, -0.15) is 0 Å². The minimum atomic E-state index is -0.781. The molecule has 0 heterocycles. The zero-order valence-electron chi connectivity index (χ0n) is 54.3. The van der Waals surface area contributed by atoms with Crippen LogP contribution in [0.4, 0.5) is 0 Å². The molecule has 0 aliphatic carbocycles. The molecule has 0 saturated heterocycles. The molecule has 0 amide bonds. The maximum absolute atomic E-state index is 13.0. The maximum atomic E-state index is 13.0. The van der Waals surface area contributed by atoms with Gasteiger partial charge in [0.25, 0.3) is 0 Å². The average molecular weight is 1130 g/mol. The summed E-state index contributed by atoms with van der Waals surface area (Å²) in [5, 5.41) is 0. The number of hydrogen-bond donors (Lipinski definition) is 0. The molecule has 6 nitrogen and oxygen atoms in total. The van der Waals surface area contributed by atoms with Gasteiger partial charge in [0.2, 0.25) is 0 Å². The minimum Gasteiger partial charge on any atom is -0.462 e. The van der Waals surface area contributed by atoms with Crippen molar-refractivity contribution in [1.29, 1.82) is 0 Å². The zero-order valence-corrected chi connectivity index (χ0v) is 54.3. The highest BCUT2D eigenvalue weighted by Gasteiger charge is 2.19. The van der Waals surface area contributed by atoms with Gasteiger partial charge in [-0.25, -0.2) is 0 Å². The van der Waals surface area contributed by atoms with Crippen molar-refractivity contribution in [3.05, 3.63) is 60.8 Å². The first-order chi connectivity index (χ1) is 40.0. The molecular weight excluding hydrogens is 997 g/mol. The second kappa shape index (κ2) is 69.6. The van der Waals surface area contributed by atoms with E-state index < -0.39 is 6.10 Å². The van der Waals surface area contributed by atoms with Gasteiger partial charge in [0.05, 0.1) is 0 Å². The van der Waals surface area contributed by atoms with E-state index in [1.165, 1.54) is 257 Å². The minimum absolute atomic E-state index is 0.0754. The van der Waals surface area contributed by atoms with Crippen molar-refractivity contribution in [3.8, 4) is 0 Å². The van der Waals surface area contributed by atoms with Crippen LogP contribution in [0.3, 0.4) is 0 Å². The van der Waals surface area contributed by atoms with Crippen LogP contribution in [0.1, 0.15) is 380 Å². The summed E-state index contributed by atoms with van der Waals surface area (Å²) in [6.07, 6.45) is 89.6. The number of carbonyl (C=O) groups is 3. The third-order valence-electron chi connectivity index (χ3n) is 16.0. The number of rotatable bonds is 66. The van der Waals surface area contributed by atoms with E-state index in [4.69, 9.17) is 14.2 Å². The fraction of sp³-hybridized carbons (Fsp3) is 0.827. The Morgan fingerprint density at radius 2 is 0.481 bits per heavy atom. The Hall–Kier alpha value is -2.89. The molecular formula is C75H136O6. The first-order valence-electron chi connectivity index (χ1n) is 35.8. The van der Waals surface area contributed by atoms with E-state index >= 15 is 0 Å². The molecule has 0 aromatic heterocycles. The predicted octanol–water partition coefficient (Wildman–Crippen LogP) is 24.7. The van der Waals surface area contributed by atoms with Gasteiger partial charge < -0.3 is 14.2 Å². The highest BCUT2D eigenvalue weighted by Crippen LogP contribution is 2.18. The van der Waals surface area contributed by atoms with Crippen LogP contribution in [-0.4, -0.2) is 37.2 Å². The standard InChI is InChI=1S/C75H136O6/c1-4-7-10-13-16-19-22-25-28-31-33-35-36-37-38-40-41-44-47-50-53-56-59-62-65-68-74(77)80-71-72(70-79-73(76)67-64-61-58-55-52-49-46-43-30-27-24-21-18-15-12-9-6-3)81-75(78)69-66-63-60-57-54-51-48-45-42-39-34-32-29-26-23-20-17-14-11-8-5-2/h9,12,18,21,27,30-34,72H,4-8,10-11,13-17,19-20,22-26,28-29,35-71H2,1-3H3/b12-9-,21-18-,30-27-,33-31-,34-32-. The molecule has 0 N–H and O–H groups in total. The zero-order chi connectivity index (χ0) is 58.5. The lowest BCUT2D eigenvalue weighted by Crippen LogP contribution is -2.30. The Morgan fingerprint density at radius 3 is 0.765 bits per heavy atom. The SMILES string of the molecule is CC/C=C\C/C=C\C/C=C\CCCCCCCCCC(=O)OCC(COC(=O)CCCCCCCCCCCCCCC/C=C\CCCCCCCCCC)OC(=O)CCCCCCCCCCC/C=C\CCCCCCCCCC. The Bertz CT molecular complexity index is 1440. The van der Waals surface area contributed by atoms with Crippen LogP contribution in [0.15, 0.2) is 60.8 Å². The molecule has 0 fully saturated rings. The quantitative estimate of drug-likeness (QED) is 0.0261. The molecule has 1 atom stereocenters. The van der Waals surface area contributed by atoms with Crippen LogP contribution in [0.25, 0.3) is 0 Å². The van der Waals surface area contributed by atoms with E-state index in [1.54, 1.807) is 0 Å².